The van der Waals surface area contributed by atoms with Crippen LogP contribution in [0.2, 0.25) is 0 Å². The SMILES string of the molecule is CC(C)OC1CCC(CCCCN2CCN(C)[C@H](C(F)(F)F)C2)CC1. The molecule has 6 heteroatoms. The molecular weight excluding hydrogens is 329 g/mol. The largest absolute Gasteiger partial charge is 0.405 e. The average molecular weight is 364 g/mol. The second-order valence-electron chi connectivity index (χ2n) is 8.16. The van der Waals surface area contributed by atoms with Crippen molar-refractivity contribution >= 4 is 0 Å². The average Bonchev–Trinajstić information content (AvgIpc) is 2.53. The van der Waals surface area contributed by atoms with Gasteiger partial charge in [-0.05, 0) is 65.5 Å². The Kier molecular flexibility index (Phi) is 8.02. The van der Waals surface area contributed by atoms with Crippen molar-refractivity contribution in [3.05, 3.63) is 0 Å². The summed E-state index contributed by atoms with van der Waals surface area (Å²) >= 11 is 0. The maximum atomic E-state index is 13.0. The van der Waals surface area contributed by atoms with E-state index >= 15 is 0 Å². The summed E-state index contributed by atoms with van der Waals surface area (Å²) in [6.07, 6.45) is 4.77. The van der Waals surface area contributed by atoms with Gasteiger partial charge in [-0.3, -0.25) is 4.90 Å². The third kappa shape index (κ3) is 7.06. The van der Waals surface area contributed by atoms with Crippen molar-refractivity contribution in [1.82, 2.24) is 9.80 Å². The van der Waals surface area contributed by atoms with Crippen molar-refractivity contribution in [2.45, 2.75) is 83.2 Å². The van der Waals surface area contributed by atoms with E-state index in [1.54, 1.807) is 7.05 Å². The van der Waals surface area contributed by atoms with Gasteiger partial charge in [0, 0.05) is 19.6 Å². The lowest BCUT2D eigenvalue weighted by Crippen LogP contribution is -2.57. The molecule has 1 aliphatic carbocycles. The Morgan fingerprint density at radius 3 is 2.32 bits per heavy atom. The zero-order valence-corrected chi connectivity index (χ0v) is 16.0. The third-order valence-electron chi connectivity index (χ3n) is 5.71. The predicted molar refractivity (Wildman–Crippen MR) is 94.7 cm³/mol. The van der Waals surface area contributed by atoms with Crippen LogP contribution in [0, 0.1) is 5.92 Å². The smallest absolute Gasteiger partial charge is 0.376 e. The molecule has 0 amide bonds. The summed E-state index contributed by atoms with van der Waals surface area (Å²) in [5.74, 6) is 0.780. The molecule has 2 rings (SSSR count). The van der Waals surface area contributed by atoms with Crippen molar-refractivity contribution in [2.24, 2.45) is 5.92 Å². The number of piperazine rings is 1. The quantitative estimate of drug-likeness (QED) is 0.626. The number of alkyl halides is 3. The second kappa shape index (κ2) is 9.56. The molecule has 0 spiro atoms. The highest BCUT2D eigenvalue weighted by Gasteiger charge is 2.44. The fourth-order valence-electron chi connectivity index (χ4n) is 4.20. The number of unbranched alkanes of at least 4 members (excludes halogenated alkanes) is 1. The highest BCUT2D eigenvalue weighted by atomic mass is 19.4. The predicted octanol–water partition coefficient (Wildman–Crippen LogP) is 4.32. The zero-order chi connectivity index (χ0) is 18.4. The molecule has 0 aromatic rings. The summed E-state index contributed by atoms with van der Waals surface area (Å²) in [7, 11) is 1.58. The Hall–Kier alpha value is -0.330. The molecule has 0 unspecified atom stereocenters. The molecule has 1 heterocycles. The van der Waals surface area contributed by atoms with Crippen LogP contribution in [0.1, 0.15) is 58.8 Å². The van der Waals surface area contributed by atoms with Gasteiger partial charge in [-0.2, -0.15) is 13.2 Å². The number of hydrogen-bond donors (Lipinski definition) is 0. The molecule has 148 valence electrons. The van der Waals surface area contributed by atoms with Gasteiger partial charge in [-0.25, -0.2) is 0 Å². The van der Waals surface area contributed by atoms with Crippen LogP contribution in [-0.2, 0) is 4.74 Å². The van der Waals surface area contributed by atoms with Crippen molar-refractivity contribution in [1.29, 1.82) is 0 Å². The van der Waals surface area contributed by atoms with Crippen LogP contribution in [0.15, 0.2) is 0 Å². The fourth-order valence-corrected chi connectivity index (χ4v) is 4.20. The van der Waals surface area contributed by atoms with Gasteiger partial charge in [0.05, 0.1) is 12.2 Å². The molecule has 2 fully saturated rings. The monoisotopic (exact) mass is 364 g/mol. The van der Waals surface area contributed by atoms with Crippen LogP contribution < -0.4 is 0 Å². The van der Waals surface area contributed by atoms with E-state index in [1.807, 2.05) is 4.90 Å². The minimum absolute atomic E-state index is 0.123. The van der Waals surface area contributed by atoms with Crippen LogP contribution in [0.3, 0.4) is 0 Å². The van der Waals surface area contributed by atoms with E-state index in [9.17, 15) is 13.2 Å². The second-order valence-corrected chi connectivity index (χ2v) is 8.16. The minimum Gasteiger partial charge on any atom is -0.376 e. The number of rotatable bonds is 7. The zero-order valence-electron chi connectivity index (χ0n) is 16.0. The Balaban J connectivity index is 1.59. The molecule has 1 saturated heterocycles. The molecule has 0 N–H and O–H groups in total. The van der Waals surface area contributed by atoms with Crippen LogP contribution in [0.5, 0.6) is 0 Å². The molecule has 0 aromatic carbocycles. The summed E-state index contributed by atoms with van der Waals surface area (Å²) < 4.78 is 45.0. The van der Waals surface area contributed by atoms with Crippen LogP contribution >= 0.6 is 0 Å². The van der Waals surface area contributed by atoms with E-state index in [2.05, 4.69) is 13.8 Å². The van der Waals surface area contributed by atoms with Crippen molar-refractivity contribution in [3.63, 3.8) is 0 Å². The summed E-state index contributed by atoms with van der Waals surface area (Å²) in [5, 5.41) is 0. The number of likely N-dealkylation sites (N-methyl/N-ethyl adjacent to an activating group) is 1. The molecule has 25 heavy (non-hydrogen) atoms. The van der Waals surface area contributed by atoms with Gasteiger partial charge in [0.1, 0.15) is 6.04 Å². The Morgan fingerprint density at radius 1 is 1.04 bits per heavy atom. The molecule has 1 atom stereocenters. The maximum absolute atomic E-state index is 13.0. The topological polar surface area (TPSA) is 15.7 Å². The first kappa shape index (κ1) is 21.0. The summed E-state index contributed by atoms with van der Waals surface area (Å²) in [5.41, 5.74) is 0. The molecule has 1 aliphatic heterocycles. The van der Waals surface area contributed by atoms with E-state index < -0.39 is 12.2 Å². The van der Waals surface area contributed by atoms with Crippen LogP contribution in [0.25, 0.3) is 0 Å². The fraction of sp³-hybridized carbons (Fsp3) is 1.00. The third-order valence-corrected chi connectivity index (χ3v) is 5.71. The molecule has 3 nitrogen and oxygen atoms in total. The molecule has 0 aromatic heterocycles. The maximum Gasteiger partial charge on any atom is 0.405 e. The van der Waals surface area contributed by atoms with Gasteiger partial charge in [-0.15, -0.1) is 0 Å². The first-order valence-electron chi connectivity index (χ1n) is 9.90. The van der Waals surface area contributed by atoms with Crippen molar-refractivity contribution in [2.75, 3.05) is 33.2 Å². The highest BCUT2D eigenvalue weighted by molar-refractivity contribution is 4.85. The van der Waals surface area contributed by atoms with E-state index in [1.165, 1.54) is 24.2 Å². The van der Waals surface area contributed by atoms with Gasteiger partial charge in [-0.1, -0.05) is 12.8 Å². The van der Waals surface area contributed by atoms with Gasteiger partial charge >= 0.3 is 6.18 Å². The summed E-state index contributed by atoms with van der Waals surface area (Å²) in [4.78, 5) is 3.43. The summed E-state index contributed by atoms with van der Waals surface area (Å²) in [6.45, 7) is 6.36. The van der Waals surface area contributed by atoms with E-state index in [0.29, 0.717) is 18.8 Å². The molecule has 0 radical (unpaired) electrons. The number of hydrogen-bond acceptors (Lipinski definition) is 3. The van der Waals surface area contributed by atoms with Gasteiger partial charge in [0.25, 0.3) is 0 Å². The lowest BCUT2D eigenvalue weighted by molar-refractivity contribution is -0.193. The van der Waals surface area contributed by atoms with E-state index in [-0.39, 0.29) is 6.54 Å². The molecule has 1 saturated carbocycles. The first-order chi connectivity index (χ1) is 11.8. The van der Waals surface area contributed by atoms with Gasteiger partial charge in [0.15, 0.2) is 0 Å². The molecule has 0 bridgehead atoms. The van der Waals surface area contributed by atoms with Crippen LogP contribution in [-0.4, -0.2) is 67.5 Å². The van der Waals surface area contributed by atoms with E-state index in [4.69, 9.17) is 4.74 Å². The van der Waals surface area contributed by atoms with Crippen molar-refractivity contribution in [3.8, 4) is 0 Å². The molecule has 2 aliphatic rings. The standard InChI is InChI=1S/C19H35F3N2O/c1-15(2)25-17-9-7-16(8-10-17)6-4-5-11-24-13-12-23(3)18(14-24)19(20,21)22/h15-18H,4-14H2,1-3H3/t16?,17?,18-/m0/s1. The number of nitrogens with zero attached hydrogens (tertiary/aromatic N) is 2. The van der Waals surface area contributed by atoms with Crippen molar-refractivity contribution < 1.29 is 17.9 Å². The Morgan fingerprint density at radius 2 is 1.72 bits per heavy atom. The van der Waals surface area contributed by atoms with Gasteiger partial charge < -0.3 is 9.64 Å². The van der Waals surface area contributed by atoms with Gasteiger partial charge in [0.2, 0.25) is 0 Å². The Bertz CT molecular complexity index is 381. The Labute approximate surface area is 150 Å². The van der Waals surface area contributed by atoms with E-state index in [0.717, 1.165) is 44.7 Å². The molecular formula is C19H35F3N2O. The number of halogens is 3. The van der Waals surface area contributed by atoms with Crippen LogP contribution in [0.4, 0.5) is 13.2 Å². The summed E-state index contributed by atoms with van der Waals surface area (Å²) in [6, 6.07) is -1.31. The lowest BCUT2D eigenvalue weighted by Gasteiger charge is -2.40. The normalized spacial score (nSPS) is 30.1. The first-order valence-corrected chi connectivity index (χ1v) is 9.90. The number of ether oxygens (including phenoxy) is 1. The lowest BCUT2D eigenvalue weighted by atomic mass is 9.84. The minimum atomic E-state index is -4.12. The highest BCUT2D eigenvalue weighted by Crippen LogP contribution is 2.31.